The van der Waals surface area contributed by atoms with Crippen LogP contribution in [0.2, 0.25) is 0 Å². The van der Waals surface area contributed by atoms with Gasteiger partial charge in [-0.1, -0.05) is 0 Å². The molecule has 52 valence electrons. The van der Waals surface area contributed by atoms with E-state index in [9.17, 15) is 0 Å². The summed E-state index contributed by atoms with van der Waals surface area (Å²) < 4.78 is 0. The van der Waals surface area contributed by atoms with E-state index in [0.717, 1.165) is 0 Å². The van der Waals surface area contributed by atoms with Gasteiger partial charge < -0.3 is 0 Å². The Hall–Kier alpha value is 0.181. The molecule has 2 rings (SSSR count). The van der Waals surface area contributed by atoms with Crippen molar-refractivity contribution >= 4 is 45.5 Å². The maximum Gasteiger partial charge on any atom is 2.00 e. The molecule has 1 heteroatoms. The van der Waals surface area contributed by atoms with E-state index in [1.165, 1.54) is 0 Å². The summed E-state index contributed by atoms with van der Waals surface area (Å²) in [6.07, 6.45) is 0. The smallest absolute Gasteiger partial charge is 0.214 e. The molecule has 0 fully saturated rings. The van der Waals surface area contributed by atoms with Gasteiger partial charge >= 0.3 is 45.5 Å². The Morgan fingerprint density at radius 1 is 0.545 bits per heavy atom. The van der Waals surface area contributed by atoms with E-state index in [2.05, 4.69) is 0 Å². The average molecular weight is 218 g/mol. The molecule has 2 aromatic carbocycles. The average Bonchev–Trinajstić information content (AvgIpc) is 2.67. The van der Waals surface area contributed by atoms with Crippen LogP contribution >= 0.6 is 0 Å². The van der Waals surface area contributed by atoms with Crippen LogP contribution in [-0.2, 0) is 0 Å². The molecule has 0 bridgehead atoms. The van der Waals surface area contributed by atoms with Crippen LogP contribution in [0.15, 0.2) is 60.7 Å². The molecule has 0 aliphatic carbocycles. The second kappa shape index (κ2) is 8.28. The Morgan fingerprint density at radius 2 is 0.818 bits per heavy atom. The molecule has 0 aliphatic rings. The summed E-state index contributed by atoms with van der Waals surface area (Å²) in [6.45, 7) is 0. The molecular weight excluding hydrogens is 208 g/mol. The van der Waals surface area contributed by atoms with Crippen LogP contribution in [0.5, 0.6) is 0 Å². The molecular formula is C10H10Sr. The van der Waals surface area contributed by atoms with E-state index in [1.807, 2.05) is 60.7 Å². The standard InChI is InChI=1S/2C5H5.Sr/c2*1-2-4-5-3-1;/h2*1-5H;/q2*-1;+2. The molecule has 0 heterocycles. The van der Waals surface area contributed by atoms with Crippen molar-refractivity contribution in [2.24, 2.45) is 0 Å². The summed E-state index contributed by atoms with van der Waals surface area (Å²) in [5.41, 5.74) is 0. The van der Waals surface area contributed by atoms with E-state index in [-0.39, 0.29) is 45.5 Å². The molecule has 0 aromatic heterocycles. The molecule has 0 radical (unpaired) electrons. The molecule has 0 spiro atoms. The quantitative estimate of drug-likeness (QED) is 0.470. The maximum atomic E-state index is 2.00. The van der Waals surface area contributed by atoms with Gasteiger partial charge in [0.1, 0.15) is 0 Å². The molecule has 0 saturated carbocycles. The van der Waals surface area contributed by atoms with Crippen molar-refractivity contribution in [1.29, 1.82) is 0 Å². The van der Waals surface area contributed by atoms with Gasteiger partial charge in [0.15, 0.2) is 0 Å². The number of hydrogen-bond acceptors (Lipinski definition) is 0. The molecule has 0 N–H and O–H groups in total. The monoisotopic (exact) mass is 218 g/mol. The summed E-state index contributed by atoms with van der Waals surface area (Å²) in [5, 5.41) is 0. The zero-order valence-corrected chi connectivity index (χ0v) is 9.96. The molecule has 0 nitrogen and oxygen atoms in total. The second-order valence-corrected chi connectivity index (χ2v) is 1.92. The summed E-state index contributed by atoms with van der Waals surface area (Å²) in [7, 11) is 0. The van der Waals surface area contributed by atoms with Crippen molar-refractivity contribution in [2.45, 2.75) is 0 Å². The van der Waals surface area contributed by atoms with Crippen LogP contribution in [0, 0.1) is 0 Å². The van der Waals surface area contributed by atoms with Crippen molar-refractivity contribution in [2.75, 3.05) is 0 Å². The van der Waals surface area contributed by atoms with Gasteiger partial charge in [0.05, 0.1) is 0 Å². The fraction of sp³-hybridized carbons (Fsp3) is 0. The Morgan fingerprint density at radius 3 is 0.909 bits per heavy atom. The van der Waals surface area contributed by atoms with Crippen molar-refractivity contribution in [3.05, 3.63) is 60.7 Å². The zero-order valence-electron chi connectivity index (χ0n) is 6.48. The Balaban J connectivity index is 0.000000167. The predicted octanol–water partition coefficient (Wildman–Crippen LogP) is 2.43. The van der Waals surface area contributed by atoms with Crippen molar-refractivity contribution < 1.29 is 0 Å². The molecule has 0 amide bonds. The van der Waals surface area contributed by atoms with Crippen LogP contribution in [0.4, 0.5) is 0 Å². The van der Waals surface area contributed by atoms with Gasteiger partial charge in [0.2, 0.25) is 0 Å². The predicted molar refractivity (Wildman–Crippen MR) is 49.8 cm³/mol. The number of rotatable bonds is 0. The molecule has 0 saturated heterocycles. The molecule has 0 atom stereocenters. The van der Waals surface area contributed by atoms with E-state index >= 15 is 0 Å². The summed E-state index contributed by atoms with van der Waals surface area (Å²) >= 11 is 0. The zero-order chi connectivity index (χ0) is 7.07. The van der Waals surface area contributed by atoms with Crippen molar-refractivity contribution in [3.8, 4) is 0 Å². The first-order chi connectivity index (χ1) is 5.00. The van der Waals surface area contributed by atoms with Crippen molar-refractivity contribution in [1.82, 2.24) is 0 Å². The SMILES string of the molecule is [Sr+2].c1cc[cH-]c1.c1cc[cH-]c1. The summed E-state index contributed by atoms with van der Waals surface area (Å²) in [6, 6.07) is 20.0. The van der Waals surface area contributed by atoms with Crippen LogP contribution in [0.1, 0.15) is 0 Å². The van der Waals surface area contributed by atoms with Gasteiger partial charge in [-0.3, -0.25) is 0 Å². The van der Waals surface area contributed by atoms with Crippen LogP contribution in [0.25, 0.3) is 0 Å². The van der Waals surface area contributed by atoms with Crippen molar-refractivity contribution in [3.63, 3.8) is 0 Å². The second-order valence-electron chi connectivity index (χ2n) is 1.92. The minimum absolute atomic E-state index is 0. The fourth-order valence-corrected chi connectivity index (χ4v) is 0.642. The molecule has 2 aromatic rings. The third-order valence-corrected chi connectivity index (χ3v) is 1.11. The first-order valence-electron chi connectivity index (χ1n) is 3.33. The third-order valence-electron chi connectivity index (χ3n) is 1.11. The van der Waals surface area contributed by atoms with Gasteiger partial charge in [-0.2, -0.15) is 36.4 Å². The van der Waals surface area contributed by atoms with E-state index in [0.29, 0.717) is 0 Å². The first kappa shape index (κ1) is 11.2. The van der Waals surface area contributed by atoms with E-state index < -0.39 is 0 Å². The topological polar surface area (TPSA) is 0 Å². The Bertz CT molecular complexity index is 144. The maximum absolute atomic E-state index is 2.00. The minimum Gasteiger partial charge on any atom is -0.214 e. The Kier molecular flexibility index (Phi) is 8.41. The van der Waals surface area contributed by atoms with E-state index in [1.54, 1.807) is 0 Å². The van der Waals surface area contributed by atoms with Gasteiger partial charge in [0, 0.05) is 0 Å². The van der Waals surface area contributed by atoms with E-state index in [4.69, 9.17) is 0 Å². The third kappa shape index (κ3) is 6.57. The summed E-state index contributed by atoms with van der Waals surface area (Å²) in [4.78, 5) is 0. The summed E-state index contributed by atoms with van der Waals surface area (Å²) in [5.74, 6) is 0. The fourth-order valence-electron chi connectivity index (χ4n) is 0.642. The number of hydrogen-bond donors (Lipinski definition) is 0. The van der Waals surface area contributed by atoms with Crippen LogP contribution in [0.3, 0.4) is 0 Å². The minimum atomic E-state index is 0. The first-order valence-corrected chi connectivity index (χ1v) is 3.33. The molecule has 0 aliphatic heterocycles. The van der Waals surface area contributed by atoms with Crippen LogP contribution in [-0.4, -0.2) is 45.5 Å². The molecule has 0 unspecified atom stereocenters. The normalized spacial score (nSPS) is 7.27. The van der Waals surface area contributed by atoms with Gasteiger partial charge in [0.25, 0.3) is 0 Å². The largest absolute Gasteiger partial charge is 2.00 e. The van der Waals surface area contributed by atoms with Gasteiger partial charge in [-0.25, -0.2) is 24.3 Å². The van der Waals surface area contributed by atoms with Crippen LogP contribution < -0.4 is 0 Å². The van der Waals surface area contributed by atoms with Gasteiger partial charge in [-0.05, 0) is 0 Å². The molecule has 11 heavy (non-hydrogen) atoms. The Labute approximate surface area is 105 Å². The van der Waals surface area contributed by atoms with Gasteiger partial charge in [-0.15, -0.1) is 0 Å².